The summed E-state index contributed by atoms with van der Waals surface area (Å²) in [5.41, 5.74) is 1.03. The van der Waals surface area contributed by atoms with Crippen LogP contribution < -0.4 is 15.4 Å². The number of hydrogen-bond acceptors (Lipinski definition) is 4. The molecule has 0 spiro atoms. The Labute approximate surface area is 110 Å². The molecule has 2 rings (SSSR count). The van der Waals surface area contributed by atoms with Crippen molar-refractivity contribution in [3.05, 3.63) is 23.8 Å². The summed E-state index contributed by atoms with van der Waals surface area (Å²) < 4.78 is 5.24. The number of ether oxygens (including phenoxy) is 1. The third-order valence-electron chi connectivity index (χ3n) is 2.72. The smallest absolute Gasteiger partial charge is 0.262 e. The minimum atomic E-state index is -0.442. The Hall–Kier alpha value is -2.08. The van der Waals surface area contributed by atoms with E-state index in [1.54, 1.807) is 25.1 Å². The van der Waals surface area contributed by atoms with E-state index >= 15 is 0 Å². The largest absolute Gasteiger partial charge is 0.482 e. The molecule has 102 valence electrons. The third kappa shape index (κ3) is 3.45. The second-order valence-electron chi connectivity index (χ2n) is 4.44. The number of fused-ring (bicyclic) bond motifs is 1. The SMILES string of the molecule is CC(O)CCNC(=O)c1ccc2c(c1)OCC(=O)N2. The van der Waals surface area contributed by atoms with Gasteiger partial charge < -0.3 is 20.5 Å². The van der Waals surface area contributed by atoms with Gasteiger partial charge in [0.05, 0.1) is 11.8 Å². The number of benzene rings is 1. The summed E-state index contributed by atoms with van der Waals surface area (Å²) in [6.45, 7) is 2.03. The molecule has 1 aromatic rings. The fourth-order valence-corrected chi connectivity index (χ4v) is 1.71. The Balaban J connectivity index is 2.01. The Kier molecular flexibility index (Phi) is 4.01. The first kappa shape index (κ1) is 13.4. The summed E-state index contributed by atoms with van der Waals surface area (Å²) in [4.78, 5) is 23.0. The van der Waals surface area contributed by atoms with Crippen LogP contribution in [0.1, 0.15) is 23.7 Å². The minimum absolute atomic E-state index is 0.0416. The Morgan fingerprint density at radius 2 is 2.37 bits per heavy atom. The van der Waals surface area contributed by atoms with E-state index in [1.165, 1.54) is 0 Å². The second kappa shape index (κ2) is 5.71. The summed E-state index contributed by atoms with van der Waals surface area (Å²) in [7, 11) is 0. The van der Waals surface area contributed by atoms with E-state index < -0.39 is 6.10 Å². The molecule has 0 bridgehead atoms. The van der Waals surface area contributed by atoms with Crippen LogP contribution in [0.3, 0.4) is 0 Å². The van der Waals surface area contributed by atoms with Crippen LogP contribution in [-0.2, 0) is 4.79 Å². The maximum absolute atomic E-state index is 11.8. The average molecular weight is 264 g/mol. The number of carbonyl (C=O) groups excluding carboxylic acids is 2. The van der Waals surface area contributed by atoms with Crippen molar-refractivity contribution >= 4 is 17.5 Å². The fourth-order valence-electron chi connectivity index (χ4n) is 1.71. The lowest BCUT2D eigenvalue weighted by atomic mass is 10.1. The molecular formula is C13H16N2O4. The predicted molar refractivity (Wildman–Crippen MR) is 69.2 cm³/mol. The lowest BCUT2D eigenvalue weighted by molar-refractivity contribution is -0.118. The number of aliphatic hydroxyl groups excluding tert-OH is 1. The van der Waals surface area contributed by atoms with Crippen LogP contribution in [0.5, 0.6) is 5.75 Å². The third-order valence-corrected chi connectivity index (χ3v) is 2.72. The van der Waals surface area contributed by atoms with Gasteiger partial charge in [0.1, 0.15) is 5.75 Å². The first-order chi connectivity index (χ1) is 9.06. The summed E-state index contributed by atoms with van der Waals surface area (Å²) in [6, 6.07) is 4.84. The molecule has 0 aliphatic carbocycles. The van der Waals surface area contributed by atoms with E-state index in [-0.39, 0.29) is 18.4 Å². The van der Waals surface area contributed by atoms with Crippen LogP contribution in [-0.4, -0.2) is 36.2 Å². The van der Waals surface area contributed by atoms with Crippen molar-refractivity contribution in [3.63, 3.8) is 0 Å². The Morgan fingerprint density at radius 3 is 3.11 bits per heavy atom. The van der Waals surface area contributed by atoms with Crippen LogP contribution in [0.15, 0.2) is 18.2 Å². The number of rotatable bonds is 4. The van der Waals surface area contributed by atoms with Gasteiger partial charge in [0.15, 0.2) is 6.61 Å². The number of amides is 2. The molecule has 1 heterocycles. The molecule has 1 atom stereocenters. The molecule has 0 saturated heterocycles. The molecule has 19 heavy (non-hydrogen) atoms. The van der Waals surface area contributed by atoms with Gasteiger partial charge in [-0.2, -0.15) is 0 Å². The highest BCUT2D eigenvalue weighted by Crippen LogP contribution is 2.28. The van der Waals surface area contributed by atoms with Crippen molar-refractivity contribution < 1.29 is 19.4 Å². The number of hydrogen-bond donors (Lipinski definition) is 3. The zero-order valence-corrected chi connectivity index (χ0v) is 10.6. The lowest BCUT2D eigenvalue weighted by Crippen LogP contribution is -2.28. The van der Waals surface area contributed by atoms with Gasteiger partial charge in [0.2, 0.25) is 0 Å². The molecule has 6 nitrogen and oxygen atoms in total. The average Bonchev–Trinajstić information content (AvgIpc) is 2.37. The van der Waals surface area contributed by atoms with E-state index in [4.69, 9.17) is 9.84 Å². The van der Waals surface area contributed by atoms with E-state index in [9.17, 15) is 9.59 Å². The monoisotopic (exact) mass is 264 g/mol. The molecule has 1 aliphatic rings. The topological polar surface area (TPSA) is 87.7 Å². The molecule has 3 N–H and O–H groups in total. The minimum Gasteiger partial charge on any atom is -0.482 e. The van der Waals surface area contributed by atoms with Crippen LogP contribution in [0.2, 0.25) is 0 Å². The maximum Gasteiger partial charge on any atom is 0.262 e. The predicted octanol–water partition coefficient (Wildman–Crippen LogP) is 0.518. The molecular weight excluding hydrogens is 248 g/mol. The lowest BCUT2D eigenvalue weighted by Gasteiger charge is -2.18. The highest BCUT2D eigenvalue weighted by atomic mass is 16.5. The zero-order valence-electron chi connectivity index (χ0n) is 10.6. The molecule has 6 heteroatoms. The normalized spacial score (nSPS) is 14.9. The summed E-state index contributed by atoms with van der Waals surface area (Å²) in [5, 5.41) is 14.5. The zero-order chi connectivity index (χ0) is 13.8. The molecule has 1 aromatic carbocycles. The molecule has 1 unspecified atom stereocenters. The quantitative estimate of drug-likeness (QED) is 0.739. The molecule has 0 fully saturated rings. The molecule has 0 aromatic heterocycles. The fraction of sp³-hybridized carbons (Fsp3) is 0.385. The number of carbonyl (C=O) groups is 2. The van der Waals surface area contributed by atoms with Crippen molar-refractivity contribution in [2.24, 2.45) is 0 Å². The summed E-state index contributed by atoms with van der Waals surface area (Å²) >= 11 is 0. The van der Waals surface area contributed by atoms with Gasteiger partial charge >= 0.3 is 0 Å². The summed E-state index contributed by atoms with van der Waals surface area (Å²) in [6.07, 6.45) is 0.0610. The van der Waals surface area contributed by atoms with Crippen LogP contribution in [0, 0.1) is 0 Å². The van der Waals surface area contributed by atoms with Crippen molar-refractivity contribution in [1.82, 2.24) is 5.32 Å². The van der Waals surface area contributed by atoms with Gasteiger partial charge in [-0.15, -0.1) is 0 Å². The van der Waals surface area contributed by atoms with Crippen molar-refractivity contribution in [2.75, 3.05) is 18.5 Å². The highest BCUT2D eigenvalue weighted by molar-refractivity contribution is 5.98. The standard InChI is InChI=1S/C13H16N2O4/c1-8(16)4-5-14-13(18)9-2-3-10-11(6-9)19-7-12(17)15-10/h2-3,6,8,16H,4-5,7H2,1H3,(H,14,18)(H,15,17). The second-order valence-corrected chi connectivity index (χ2v) is 4.44. The van der Waals surface area contributed by atoms with E-state index in [0.29, 0.717) is 30.0 Å². The van der Waals surface area contributed by atoms with Gasteiger partial charge in [-0.1, -0.05) is 0 Å². The van der Waals surface area contributed by atoms with E-state index in [0.717, 1.165) is 0 Å². The van der Waals surface area contributed by atoms with Gasteiger partial charge in [-0.25, -0.2) is 0 Å². The number of aliphatic hydroxyl groups is 1. The van der Waals surface area contributed by atoms with Crippen LogP contribution >= 0.6 is 0 Å². The maximum atomic E-state index is 11.8. The van der Waals surface area contributed by atoms with Crippen LogP contribution in [0.25, 0.3) is 0 Å². The highest BCUT2D eigenvalue weighted by Gasteiger charge is 2.17. The number of nitrogens with one attached hydrogen (secondary N) is 2. The first-order valence-electron chi connectivity index (χ1n) is 6.09. The molecule has 1 aliphatic heterocycles. The van der Waals surface area contributed by atoms with Gasteiger partial charge in [0.25, 0.3) is 11.8 Å². The Morgan fingerprint density at radius 1 is 1.58 bits per heavy atom. The molecule has 0 radical (unpaired) electrons. The van der Waals surface area contributed by atoms with Crippen LogP contribution in [0.4, 0.5) is 5.69 Å². The van der Waals surface area contributed by atoms with E-state index in [1.807, 2.05) is 0 Å². The first-order valence-corrected chi connectivity index (χ1v) is 6.09. The van der Waals surface area contributed by atoms with Gasteiger partial charge in [-0.05, 0) is 31.5 Å². The van der Waals surface area contributed by atoms with E-state index in [2.05, 4.69) is 10.6 Å². The van der Waals surface area contributed by atoms with Crippen molar-refractivity contribution in [1.29, 1.82) is 0 Å². The molecule has 0 saturated carbocycles. The number of anilines is 1. The van der Waals surface area contributed by atoms with Gasteiger partial charge in [-0.3, -0.25) is 9.59 Å². The molecule has 2 amide bonds. The van der Waals surface area contributed by atoms with Gasteiger partial charge in [0, 0.05) is 12.1 Å². The van der Waals surface area contributed by atoms with Crippen molar-refractivity contribution in [3.8, 4) is 5.75 Å². The Bertz CT molecular complexity index is 499. The van der Waals surface area contributed by atoms with Crippen molar-refractivity contribution in [2.45, 2.75) is 19.4 Å². The summed E-state index contributed by atoms with van der Waals surface area (Å²) in [5.74, 6) is 0.0494.